The maximum atomic E-state index is 14.7. The number of halogens is 2. The first-order valence-electron chi connectivity index (χ1n) is 8.47. The Kier molecular flexibility index (Phi) is 5.81. The van der Waals surface area contributed by atoms with Crippen LogP contribution in [0.5, 0.6) is 0 Å². The first-order chi connectivity index (χ1) is 13.5. The van der Waals surface area contributed by atoms with Crippen LogP contribution in [0.15, 0.2) is 70.0 Å². The molecule has 0 saturated heterocycles. The quantitative estimate of drug-likeness (QED) is 0.710. The average Bonchev–Trinajstić information content (AvgIpc) is 2.69. The van der Waals surface area contributed by atoms with Crippen LogP contribution in [0.25, 0.3) is 5.76 Å². The maximum absolute atomic E-state index is 14.7. The van der Waals surface area contributed by atoms with Gasteiger partial charge in [0.25, 0.3) is 0 Å². The summed E-state index contributed by atoms with van der Waals surface area (Å²) in [6.07, 6.45) is 0. The predicted molar refractivity (Wildman–Crippen MR) is 105 cm³/mol. The zero-order valence-corrected chi connectivity index (χ0v) is 16.5. The van der Waals surface area contributed by atoms with Crippen LogP contribution < -0.4 is 5.73 Å². The minimum Gasteiger partial charge on any atom is -0.463 e. The molecule has 28 heavy (non-hydrogen) atoms. The average molecular weight is 443 g/mol. The third-order valence-corrected chi connectivity index (χ3v) is 4.71. The predicted octanol–water partition coefficient (Wildman–Crippen LogP) is 4.37. The minimum atomic E-state index is -1.06. The second kappa shape index (κ2) is 8.28. The summed E-state index contributed by atoms with van der Waals surface area (Å²) in [6, 6.07) is 15.1. The highest BCUT2D eigenvalue weighted by molar-refractivity contribution is 9.10. The van der Waals surface area contributed by atoms with Crippen LogP contribution in [0, 0.1) is 17.1 Å². The Hall–Kier alpha value is -3.11. The fourth-order valence-corrected chi connectivity index (χ4v) is 3.41. The molecule has 1 aliphatic heterocycles. The number of hydrogen-bond donors (Lipinski definition) is 1. The van der Waals surface area contributed by atoms with E-state index < -0.39 is 17.7 Å². The number of nitrogens with zero attached hydrogens (tertiary/aromatic N) is 1. The van der Waals surface area contributed by atoms with Crippen molar-refractivity contribution in [3.05, 3.63) is 87.0 Å². The summed E-state index contributed by atoms with van der Waals surface area (Å²) in [5.41, 5.74) is 6.63. The van der Waals surface area contributed by atoms with Crippen molar-refractivity contribution in [3.63, 3.8) is 0 Å². The lowest BCUT2D eigenvalue weighted by atomic mass is 9.81. The van der Waals surface area contributed by atoms with Crippen molar-refractivity contribution in [3.8, 4) is 6.07 Å². The van der Waals surface area contributed by atoms with Crippen molar-refractivity contribution in [1.29, 1.82) is 5.26 Å². The molecule has 0 radical (unpaired) electrons. The molecule has 0 fully saturated rings. The summed E-state index contributed by atoms with van der Waals surface area (Å²) in [6.45, 7) is 1.77. The number of carbonyl (C=O) groups is 1. The van der Waals surface area contributed by atoms with Gasteiger partial charge in [0.05, 0.1) is 18.1 Å². The summed E-state index contributed by atoms with van der Waals surface area (Å²) < 4.78 is 26.2. The topological polar surface area (TPSA) is 85.3 Å². The Bertz CT molecular complexity index is 1030. The SMILES string of the molecule is CCOC(=O)C1=C(c2ccccc2)OC(N)=C(C#N)[C@H]1c1cc(Br)ccc1F. The van der Waals surface area contributed by atoms with Gasteiger partial charge in [0.2, 0.25) is 5.88 Å². The van der Waals surface area contributed by atoms with Crippen LogP contribution in [0.1, 0.15) is 24.0 Å². The standard InChI is InChI=1S/C21H16BrFN2O3/c1-2-27-21(26)18-17(14-10-13(22)8-9-16(14)23)15(11-24)20(25)28-19(18)12-6-4-3-5-7-12/h3-10,17H,2,25H2,1H3/t17-/m1/s1. The fourth-order valence-electron chi connectivity index (χ4n) is 3.03. The van der Waals surface area contributed by atoms with Crippen molar-refractivity contribution < 1.29 is 18.7 Å². The molecular weight excluding hydrogens is 427 g/mol. The molecule has 0 aromatic heterocycles. The molecule has 7 heteroatoms. The van der Waals surface area contributed by atoms with Gasteiger partial charge < -0.3 is 15.2 Å². The number of allylic oxidation sites excluding steroid dienone is 1. The first-order valence-corrected chi connectivity index (χ1v) is 9.26. The number of benzene rings is 2. The Morgan fingerprint density at radius 1 is 1.32 bits per heavy atom. The van der Waals surface area contributed by atoms with Gasteiger partial charge in [-0.2, -0.15) is 5.26 Å². The molecule has 0 amide bonds. The van der Waals surface area contributed by atoms with Gasteiger partial charge in [-0.1, -0.05) is 46.3 Å². The highest BCUT2D eigenvalue weighted by Gasteiger charge is 2.39. The molecule has 142 valence electrons. The zero-order valence-electron chi connectivity index (χ0n) is 14.9. The second-order valence-corrected chi connectivity index (χ2v) is 6.84. The van der Waals surface area contributed by atoms with Crippen molar-refractivity contribution in [2.45, 2.75) is 12.8 Å². The zero-order chi connectivity index (χ0) is 20.3. The molecule has 3 rings (SSSR count). The first kappa shape index (κ1) is 19.6. The molecule has 0 unspecified atom stereocenters. The van der Waals surface area contributed by atoms with Gasteiger partial charge in [-0.3, -0.25) is 0 Å². The van der Waals surface area contributed by atoms with Crippen LogP contribution in [0.2, 0.25) is 0 Å². The van der Waals surface area contributed by atoms with E-state index >= 15 is 0 Å². The monoisotopic (exact) mass is 442 g/mol. The molecule has 0 spiro atoms. The van der Waals surface area contributed by atoms with Crippen molar-refractivity contribution in [2.24, 2.45) is 5.73 Å². The van der Waals surface area contributed by atoms with E-state index in [1.54, 1.807) is 31.2 Å². The third kappa shape index (κ3) is 3.64. The molecule has 1 heterocycles. The summed E-state index contributed by atoms with van der Waals surface area (Å²) in [4.78, 5) is 12.9. The van der Waals surface area contributed by atoms with Crippen LogP contribution >= 0.6 is 15.9 Å². The van der Waals surface area contributed by atoms with Crippen molar-refractivity contribution >= 4 is 27.7 Å². The van der Waals surface area contributed by atoms with Gasteiger partial charge in [0, 0.05) is 15.6 Å². The largest absolute Gasteiger partial charge is 0.463 e. The lowest BCUT2D eigenvalue weighted by Crippen LogP contribution is -2.26. The molecular formula is C21H16BrFN2O3. The van der Waals surface area contributed by atoms with Crippen LogP contribution in [-0.2, 0) is 14.3 Å². The number of nitriles is 1. The Morgan fingerprint density at radius 2 is 2.04 bits per heavy atom. The van der Waals surface area contributed by atoms with Crippen LogP contribution in [-0.4, -0.2) is 12.6 Å². The number of hydrogen-bond acceptors (Lipinski definition) is 5. The van der Waals surface area contributed by atoms with E-state index in [1.165, 1.54) is 18.2 Å². The third-order valence-electron chi connectivity index (χ3n) is 4.22. The van der Waals surface area contributed by atoms with E-state index in [1.807, 2.05) is 12.1 Å². The second-order valence-electron chi connectivity index (χ2n) is 5.92. The molecule has 5 nitrogen and oxygen atoms in total. The lowest BCUT2D eigenvalue weighted by Gasteiger charge is -2.28. The molecule has 0 saturated carbocycles. The molecule has 2 N–H and O–H groups in total. The summed E-state index contributed by atoms with van der Waals surface area (Å²) >= 11 is 3.31. The van der Waals surface area contributed by atoms with E-state index in [2.05, 4.69) is 15.9 Å². The molecule has 0 aliphatic carbocycles. The molecule has 2 aromatic carbocycles. The maximum Gasteiger partial charge on any atom is 0.338 e. The van der Waals surface area contributed by atoms with Crippen LogP contribution in [0.4, 0.5) is 4.39 Å². The highest BCUT2D eigenvalue weighted by atomic mass is 79.9. The van der Waals surface area contributed by atoms with E-state index in [0.29, 0.717) is 10.0 Å². The van der Waals surface area contributed by atoms with Gasteiger partial charge in [0.1, 0.15) is 23.2 Å². The van der Waals surface area contributed by atoms with Gasteiger partial charge in [-0.25, -0.2) is 9.18 Å². The van der Waals surface area contributed by atoms with Gasteiger partial charge in [-0.15, -0.1) is 0 Å². The minimum absolute atomic E-state index is 0.0239. The fraction of sp³-hybridized carbons (Fsp3) is 0.143. The summed E-state index contributed by atoms with van der Waals surface area (Å²) in [7, 11) is 0. The van der Waals surface area contributed by atoms with Crippen molar-refractivity contribution in [2.75, 3.05) is 6.61 Å². The molecule has 1 aliphatic rings. The molecule has 2 aromatic rings. The molecule has 1 atom stereocenters. The Labute approximate surface area is 170 Å². The van der Waals surface area contributed by atoms with Crippen molar-refractivity contribution in [1.82, 2.24) is 0 Å². The normalized spacial score (nSPS) is 16.4. The number of carbonyl (C=O) groups excluding carboxylic acids is 1. The van der Waals surface area contributed by atoms with E-state index in [4.69, 9.17) is 15.2 Å². The smallest absolute Gasteiger partial charge is 0.338 e. The van der Waals surface area contributed by atoms with Gasteiger partial charge >= 0.3 is 5.97 Å². The number of ether oxygens (including phenoxy) is 2. The number of esters is 1. The highest BCUT2D eigenvalue weighted by Crippen LogP contribution is 2.44. The Morgan fingerprint density at radius 3 is 2.68 bits per heavy atom. The molecule has 0 bridgehead atoms. The van der Waals surface area contributed by atoms with Gasteiger partial charge in [-0.05, 0) is 25.1 Å². The number of nitrogens with two attached hydrogens (primary N) is 1. The summed E-state index contributed by atoms with van der Waals surface area (Å²) in [5.74, 6) is -2.39. The lowest BCUT2D eigenvalue weighted by molar-refractivity contribution is -0.138. The van der Waals surface area contributed by atoms with E-state index in [0.717, 1.165) is 0 Å². The van der Waals surface area contributed by atoms with Gasteiger partial charge in [0.15, 0.2) is 0 Å². The van der Waals surface area contributed by atoms with E-state index in [9.17, 15) is 14.4 Å². The van der Waals surface area contributed by atoms with Crippen LogP contribution in [0.3, 0.4) is 0 Å². The number of rotatable bonds is 4. The Balaban J connectivity index is 2.33. The van der Waals surface area contributed by atoms with E-state index in [-0.39, 0.29) is 35.0 Å². The summed E-state index contributed by atoms with van der Waals surface area (Å²) in [5, 5.41) is 9.66.